The number of fused-ring (bicyclic) bond motifs is 1. The lowest BCUT2D eigenvalue weighted by molar-refractivity contribution is 0.415. The molecule has 0 spiro atoms. The number of imidazole rings is 1. The van der Waals surface area contributed by atoms with Crippen LogP contribution in [0.5, 0.6) is 5.75 Å². The van der Waals surface area contributed by atoms with Crippen LogP contribution in [0.2, 0.25) is 0 Å². The van der Waals surface area contributed by atoms with Crippen LogP contribution in [0.3, 0.4) is 0 Å². The standard InChI is InChI=1S/C26H26N6OS/c1-18-15-19(2)32-16-21(28-25(32)27-18)17-34-26-30-29-24(22-11-7-8-12-23(22)33-3)31(26)14-13-20-9-5-4-6-10-20/h4-12,15-16H,13-14,17H2,1-3H3. The van der Waals surface area contributed by atoms with E-state index < -0.39 is 0 Å². The highest BCUT2D eigenvalue weighted by molar-refractivity contribution is 7.98. The Morgan fingerprint density at radius 1 is 0.941 bits per heavy atom. The third-order valence-corrected chi connectivity index (χ3v) is 6.69. The minimum atomic E-state index is 0.678. The van der Waals surface area contributed by atoms with E-state index in [9.17, 15) is 0 Å². The molecular formula is C26H26N6OS. The molecule has 0 fully saturated rings. The summed E-state index contributed by atoms with van der Waals surface area (Å²) in [6, 6.07) is 20.5. The summed E-state index contributed by atoms with van der Waals surface area (Å²) in [6.07, 6.45) is 2.93. The molecule has 5 aromatic rings. The smallest absolute Gasteiger partial charge is 0.234 e. The van der Waals surface area contributed by atoms with Crippen molar-refractivity contribution in [2.45, 2.75) is 37.7 Å². The van der Waals surface area contributed by atoms with Crippen molar-refractivity contribution in [2.24, 2.45) is 0 Å². The molecule has 0 atom stereocenters. The van der Waals surface area contributed by atoms with Gasteiger partial charge in [0.15, 0.2) is 11.0 Å². The maximum atomic E-state index is 5.60. The van der Waals surface area contributed by atoms with Crippen LogP contribution in [0, 0.1) is 13.8 Å². The monoisotopic (exact) mass is 470 g/mol. The highest BCUT2D eigenvalue weighted by Gasteiger charge is 2.18. The van der Waals surface area contributed by atoms with Gasteiger partial charge in [-0.15, -0.1) is 10.2 Å². The molecule has 3 aromatic heterocycles. The Bertz CT molecular complexity index is 1430. The molecule has 0 unspecified atom stereocenters. The number of para-hydroxylation sites is 1. The lowest BCUT2D eigenvalue weighted by atomic mass is 10.1. The van der Waals surface area contributed by atoms with Gasteiger partial charge in [-0.05, 0) is 44.0 Å². The van der Waals surface area contributed by atoms with Crippen molar-refractivity contribution in [2.75, 3.05) is 7.11 Å². The van der Waals surface area contributed by atoms with Crippen LogP contribution < -0.4 is 4.74 Å². The van der Waals surface area contributed by atoms with Gasteiger partial charge in [-0.2, -0.15) is 0 Å². The zero-order valence-electron chi connectivity index (χ0n) is 19.5. The molecule has 0 saturated heterocycles. The van der Waals surface area contributed by atoms with Gasteiger partial charge in [-0.1, -0.05) is 54.2 Å². The second-order valence-electron chi connectivity index (χ2n) is 8.12. The summed E-state index contributed by atoms with van der Waals surface area (Å²) in [5.74, 6) is 2.99. The first-order valence-corrected chi connectivity index (χ1v) is 12.2. The first-order valence-electron chi connectivity index (χ1n) is 11.2. The van der Waals surface area contributed by atoms with E-state index in [0.717, 1.165) is 58.1 Å². The van der Waals surface area contributed by atoms with Crippen LogP contribution in [0.15, 0.2) is 72.0 Å². The average molecular weight is 471 g/mol. The van der Waals surface area contributed by atoms with Gasteiger partial charge in [0.25, 0.3) is 0 Å². The Morgan fingerprint density at radius 3 is 2.56 bits per heavy atom. The van der Waals surface area contributed by atoms with Crippen LogP contribution in [0.1, 0.15) is 22.6 Å². The quantitative estimate of drug-likeness (QED) is 0.292. The second-order valence-corrected chi connectivity index (χ2v) is 9.07. The number of thioether (sulfide) groups is 1. The number of aromatic nitrogens is 6. The molecule has 34 heavy (non-hydrogen) atoms. The average Bonchev–Trinajstić information content (AvgIpc) is 3.45. The molecule has 0 aliphatic carbocycles. The number of methoxy groups -OCH3 is 1. The molecular weight excluding hydrogens is 444 g/mol. The molecule has 8 heteroatoms. The topological polar surface area (TPSA) is 70.1 Å². The predicted molar refractivity (Wildman–Crippen MR) is 134 cm³/mol. The normalized spacial score (nSPS) is 11.3. The van der Waals surface area contributed by atoms with E-state index in [1.165, 1.54) is 5.56 Å². The number of aryl methyl sites for hydroxylation is 3. The summed E-state index contributed by atoms with van der Waals surface area (Å²) >= 11 is 1.63. The Morgan fingerprint density at radius 2 is 1.74 bits per heavy atom. The maximum absolute atomic E-state index is 5.60. The van der Waals surface area contributed by atoms with Crippen molar-refractivity contribution < 1.29 is 4.74 Å². The van der Waals surface area contributed by atoms with Gasteiger partial charge in [-0.25, -0.2) is 9.97 Å². The van der Waals surface area contributed by atoms with Gasteiger partial charge in [0.1, 0.15) is 5.75 Å². The SMILES string of the molecule is COc1ccccc1-c1nnc(SCc2cn3c(C)cc(C)nc3n2)n1CCc1ccccc1. The minimum Gasteiger partial charge on any atom is -0.496 e. The molecule has 2 aromatic carbocycles. The zero-order valence-corrected chi connectivity index (χ0v) is 20.3. The molecule has 3 heterocycles. The van der Waals surface area contributed by atoms with Crippen LogP contribution in [-0.2, 0) is 18.7 Å². The largest absolute Gasteiger partial charge is 0.496 e. The molecule has 7 nitrogen and oxygen atoms in total. The number of ether oxygens (including phenoxy) is 1. The van der Waals surface area contributed by atoms with Crippen LogP contribution in [0.4, 0.5) is 0 Å². The molecule has 0 bridgehead atoms. The Hall–Kier alpha value is -3.65. The van der Waals surface area contributed by atoms with Crippen molar-refractivity contribution in [1.82, 2.24) is 29.1 Å². The lowest BCUT2D eigenvalue weighted by Gasteiger charge is -2.12. The number of nitrogens with zero attached hydrogens (tertiary/aromatic N) is 6. The van der Waals surface area contributed by atoms with Crippen molar-refractivity contribution in [1.29, 1.82) is 0 Å². The van der Waals surface area contributed by atoms with Crippen molar-refractivity contribution in [3.63, 3.8) is 0 Å². The third-order valence-electron chi connectivity index (χ3n) is 5.69. The van der Waals surface area contributed by atoms with E-state index in [1.54, 1.807) is 18.9 Å². The van der Waals surface area contributed by atoms with Crippen molar-refractivity contribution in [3.8, 4) is 17.1 Å². The van der Waals surface area contributed by atoms with E-state index >= 15 is 0 Å². The number of rotatable bonds is 8. The summed E-state index contributed by atoms with van der Waals surface area (Å²) in [6.45, 7) is 4.82. The van der Waals surface area contributed by atoms with E-state index in [1.807, 2.05) is 41.7 Å². The van der Waals surface area contributed by atoms with E-state index in [2.05, 4.69) is 63.2 Å². The van der Waals surface area contributed by atoms with Crippen LogP contribution >= 0.6 is 11.8 Å². The maximum Gasteiger partial charge on any atom is 0.234 e. The highest BCUT2D eigenvalue weighted by atomic mass is 32.2. The van der Waals surface area contributed by atoms with Gasteiger partial charge in [-0.3, -0.25) is 4.40 Å². The van der Waals surface area contributed by atoms with E-state index in [-0.39, 0.29) is 0 Å². The zero-order chi connectivity index (χ0) is 23.5. The number of hydrogen-bond donors (Lipinski definition) is 0. The Balaban J connectivity index is 1.45. The fraction of sp³-hybridized carbons (Fsp3) is 0.231. The summed E-state index contributed by atoms with van der Waals surface area (Å²) in [4.78, 5) is 9.27. The summed E-state index contributed by atoms with van der Waals surface area (Å²) in [5, 5.41) is 9.97. The minimum absolute atomic E-state index is 0.678. The van der Waals surface area contributed by atoms with Gasteiger partial charge in [0.05, 0.1) is 18.4 Å². The van der Waals surface area contributed by atoms with Crippen LogP contribution in [-0.4, -0.2) is 36.2 Å². The fourth-order valence-electron chi connectivity index (χ4n) is 4.04. The van der Waals surface area contributed by atoms with Crippen molar-refractivity contribution in [3.05, 3.63) is 89.5 Å². The second kappa shape index (κ2) is 9.69. The summed E-state index contributed by atoms with van der Waals surface area (Å²) < 4.78 is 9.81. The summed E-state index contributed by atoms with van der Waals surface area (Å²) in [5.41, 5.74) is 5.26. The molecule has 0 aliphatic heterocycles. The fourth-order valence-corrected chi connectivity index (χ4v) is 4.89. The van der Waals surface area contributed by atoms with Gasteiger partial charge in [0, 0.05) is 29.9 Å². The molecule has 0 aliphatic rings. The Kier molecular flexibility index (Phi) is 6.31. The number of hydrogen-bond acceptors (Lipinski definition) is 6. The molecule has 5 rings (SSSR count). The highest BCUT2D eigenvalue weighted by Crippen LogP contribution is 2.32. The Labute approximate surface area is 202 Å². The van der Waals surface area contributed by atoms with Gasteiger partial charge < -0.3 is 9.30 Å². The molecule has 0 N–H and O–H groups in total. The first-order chi connectivity index (χ1) is 16.6. The van der Waals surface area contributed by atoms with Gasteiger partial charge >= 0.3 is 0 Å². The molecule has 0 radical (unpaired) electrons. The lowest BCUT2D eigenvalue weighted by Crippen LogP contribution is -2.06. The van der Waals surface area contributed by atoms with E-state index in [4.69, 9.17) is 9.72 Å². The first kappa shape index (κ1) is 22.2. The van der Waals surface area contributed by atoms with E-state index in [0.29, 0.717) is 5.75 Å². The number of benzene rings is 2. The molecule has 0 amide bonds. The predicted octanol–water partition coefficient (Wildman–Crippen LogP) is 5.15. The summed E-state index contributed by atoms with van der Waals surface area (Å²) in [7, 11) is 1.68. The van der Waals surface area contributed by atoms with Crippen LogP contribution in [0.25, 0.3) is 17.2 Å². The molecule has 0 saturated carbocycles. The van der Waals surface area contributed by atoms with Crippen molar-refractivity contribution >= 4 is 17.5 Å². The van der Waals surface area contributed by atoms with Gasteiger partial charge in [0.2, 0.25) is 5.78 Å². The third kappa shape index (κ3) is 4.54. The molecule has 172 valence electrons.